The highest BCUT2D eigenvalue weighted by Crippen LogP contribution is 2.29. The minimum Gasteiger partial charge on any atom is -0.497 e. The van der Waals surface area contributed by atoms with Gasteiger partial charge in [-0.1, -0.05) is 6.42 Å². The zero-order valence-corrected chi connectivity index (χ0v) is 15.9. The molecule has 27 heavy (non-hydrogen) atoms. The van der Waals surface area contributed by atoms with Gasteiger partial charge in [0.1, 0.15) is 11.5 Å². The smallest absolute Gasteiger partial charge is 0.289 e. The summed E-state index contributed by atoms with van der Waals surface area (Å²) in [4.78, 5) is 15.1. The lowest BCUT2D eigenvalue weighted by molar-refractivity contribution is 0.0426. The van der Waals surface area contributed by atoms with Gasteiger partial charge in [0.25, 0.3) is 5.91 Å². The van der Waals surface area contributed by atoms with Gasteiger partial charge in [0.15, 0.2) is 5.76 Å². The summed E-state index contributed by atoms with van der Waals surface area (Å²) >= 11 is 0. The van der Waals surface area contributed by atoms with Crippen molar-refractivity contribution < 1.29 is 18.7 Å². The van der Waals surface area contributed by atoms with E-state index < -0.39 is 0 Å². The minimum absolute atomic E-state index is 0.0304. The van der Waals surface area contributed by atoms with Gasteiger partial charge >= 0.3 is 0 Å². The van der Waals surface area contributed by atoms with Gasteiger partial charge in [-0.2, -0.15) is 0 Å². The summed E-state index contributed by atoms with van der Waals surface area (Å²) in [6, 6.07) is 11.3. The van der Waals surface area contributed by atoms with E-state index in [0.29, 0.717) is 24.0 Å². The maximum absolute atomic E-state index is 13.1. The molecule has 0 spiro atoms. The second-order valence-corrected chi connectivity index (χ2v) is 7.53. The zero-order valence-electron chi connectivity index (χ0n) is 15.9. The van der Waals surface area contributed by atoms with Gasteiger partial charge in [0.05, 0.1) is 13.2 Å². The summed E-state index contributed by atoms with van der Waals surface area (Å²) in [6.07, 6.45) is 5.97. The number of carbonyl (C=O) groups is 1. The molecule has 1 atom stereocenters. The first-order valence-corrected chi connectivity index (χ1v) is 9.88. The molecule has 5 nitrogen and oxygen atoms in total. The van der Waals surface area contributed by atoms with Gasteiger partial charge in [0.2, 0.25) is 0 Å². The quantitative estimate of drug-likeness (QED) is 0.727. The van der Waals surface area contributed by atoms with Crippen LogP contribution < -0.4 is 4.74 Å². The molecule has 2 fully saturated rings. The molecule has 2 aliphatic rings. The first kappa shape index (κ1) is 18.1. The van der Waals surface area contributed by atoms with Gasteiger partial charge in [-0.05, 0) is 68.0 Å². The lowest BCUT2D eigenvalue weighted by Gasteiger charge is -2.33. The average molecular weight is 369 g/mol. The predicted molar refractivity (Wildman–Crippen MR) is 103 cm³/mol. The Labute approximate surface area is 160 Å². The molecular weight excluding hydrogens is 342 g/mol. The second kappa shape index (κ2) is 8.17. The van der Waals surface area contributed by atoms with Crippen molar-refractivity contribution >= 4 is 5.91 Å². The molecule has 1 aliphatic heterocycles. The summed E-state index contributed by atoms with van der Waals surface area (Å²) in [6.45, 7) is 2.27. The van der Waals surface area contributed by atoms with Crippen LogP contribution in [0.1, 0.15) is 42.7 Å². The number of nitrogens with zero attached hydrogens (tertiary/aromatic N) is 1. The van der Waals surface area contributed by atoms with Crippen LogP contribution in [0.15, 0.2) is 40.8 Å². The first-order valence-electron chi connectivity index (χ1n) is 9.88. The van der Waals surface area contributed by atoms with Crippen molar-refractivity contribution in [3.8, 4) is 17.1 Å². The Morgan fingerprint density at radius 3 is 2.52 bits per heavy atom. The van der Waals surface area contributed by atoms with E-state index in [-0.39, 0.29) is 12.0 Å². The second-order valence-electron chi connectivity index (χ2n) is 7.53. The van der Waals surface area contributed by atoms with E-state index in [1.807, 2.05) is 35.2 Å². The lowest BCUT2D eigenvalue weighted by Crippen LogP contribution is -2.41. The predicted octanol–water partition coefficient (Wildman–Crippen LogP) is 4.38. The highest BCUT2D eigenvalue weighted by Gasteiger charge is 2.29. The largest absolute Gasteiger partial charge is 0.497 e. The molecule has 1 saturated heterocycles. The number of furan rings is 1. The third kappa shape index (κ3) is 4.19. The third-order valence-electron chi connectivity index (χ3n) is 5.63. The van der Waals surface area contributed by atoms with Crippen LogP contribution in [0.3, 0.4) is 0 Å². The summed E-state index contributed by atoms with van der Waals surface area (Å²) in [5, 5.41) is 0. The average Bonchev–Trinajstić information content (AvgIpc) is 3.35. The molecule has 1 aliphatic carbocycles. The molecule has 0 bridgehead atoms. The fourth-order valence-corrected chi connectivity index (χ4v) is 3.78. The van der Waals surface area contributed by atoms with E-state index >= 15 is 0 Å². The Morgan fingerprint density at radius 1 is 1.07 bits per heavy atom. The van der Waals surface area contributed by atoms with Crippen LogP contribution in [-0.2, 0) is 4.74 Å². The van der Waals surface area contributed by atoms with E-state index in [0.717, 1.165) is 37.3 Å². The molecule has 2 aromatic rings. The van der Waals surface area contributed by atoms with E-state index in [9.17, 15) is 4.79 Å². The van der Waals surface area contributed by atoms with Crippen molar-refractivity contribution in [1.82, 2.24) is 4.90 Å². The fraction of sp³-hybridized carbons (Fsp3) is 0.500. The summed E-state index contributed by atoms with van der Waals surface area (Å²) in [7, 11) is 1.64. The zero-order chi connectivity index (χ0) is 18.6. The Kier molecular flexibility index (Phi) is 5.48. The topological polar surface area (TPSA) is 51.9 Å². The van der Waals surface area contributed by atoms with Crippen LogP contribution in [0.4, 0.5) is 0 Å². The number of hydrogen-bond acceptors (Lipinski definition) is 4. The molecule has 5 heteroatoms. The standard InChI is InChI=1S/C22H27NO4/c1-25-18-9-7-17(8-10-18)20-11-12-21(27-20)22(24)23(14-16-4-2-5-16)15-19-6-3-13-26-19/h7-12,16,19H,2-6,13-15H2,1H3. The number of carbonyl (C=O) groups excluding carboxylic acids is 1. The maximum Gasteiger partial charge on any atom is 0.289 e. The van der Waals surface area contributed by atoms with Crippen LogP contribution in [0.25, 0.3) is 11.3 Å². The number of amides is 1. The van der Waals surface area contributed by atoms with Crippen LogP contribution in [0, 0.1) is 5.92 Å². The normalized spacial score (nSPS) is 19.7. The van der Waals surface area contributed by atoms with Crippen LogP contribution in [-0.4, -0.2) is 43.7 Å². The highest BCUT2D eigenvalue weighted by atomic mass is 16.5. The molecule has 1 aromatic carbocycles. The molecule has 1 saturated carbocycles. The molecule has 4 rings (SSSR count). The Hall–Kier alpha value is -2.27. The molecule has 0 N–H and O–H groups in total. The van der Waals surface area contributed by atoms with Crippen LogP contribution in [0.2, 0.25) is 0 Å². The Morgan fingerprint density at radius 2 is 1.89 bits per heavy atom. The number of ether oxygens (including phenoxy) is 2. The molecule has 0 radical (unpaired) electrons. The fourth-order valence-electron chi connectivity index (χ4n) is 3.78. The summed E-state index contributed by atoms with van der Waals surface area (Å²) in [5.41, 5.74) is 0.930. The molecule has 2 heterocycles. The Balaban J connectivity index is 1.48. The molecule has 1 aromatic heterocycles. The maximum atomic E-state index is 13.1. The SMILES string of the molecule is COc1ccc(-c2ccc(C(=O)N(CC3CCC3)CC3CCCO3)o2)cc1. The van der Waals surface area contributed by atoms with Crippen molar-refractivity contribution in [1.29, 1.82) is 0 Å². The van der Waals surface area contributed by atoms with Crippen LogP contribution >= 0.6 is 0 Å². The third-order valence-corrected chi connectivity index (χ3v) is 5.63. The molecule has 1 unspecified atom stereocenters. The first-order chi connectivity index (χ1) is 13.2. The summed E-state index contributed by atoms with van der Waals surface area (Å²) < 4.78 is 16.9. The van der Waals surface area contributed by atoms with Crippen LogP contribution in [0.5, 0.6) is 5.75 Å². The van der Waals surface area contributed by atoms with E-state index in [1.165, 1.54) is 19.3 Å². The number of benzene rings is 1. The van der Waals surface area contributed by atoms with Gasteiger partial charge in [0, 0.05) is 25.3 Å². The highest BCUT2D eigenvalue weighted by molar-refractivity contribution is 5.92. The molecule has 1 amide bonds. The minimum atomic E-state index is -0.0304. The number of rotatable bonds is 7. The van der Waals surface area contributed by atoms with E-state index in [1.54, 1.807) is 13.2 Å². The van der Waals surface area contributed by atoms with Gasteiger partial charge in [-0.15, -0.1) is 0 Å². The van der Waals surface area contributed by atoms with E-state index in [4.69, 9.17) is 13.9 Å². The summed E-state index contributed by atoms with van der Waals surface area (Å²) in [5.74, 6) is 2.48. The molecule has 144 valence electrons. The Bertz CT molecular complexity index is 757. The van der Waals surface area contributed by atoms with Gasteiger partial charge in [-0.25, -0.2) is 0 Å². The van der Waals surface area contributed by atoms with Gasteiger partial charge in [-0.3, -0.25) is 4.79 Å². The van der Waals surface area contributed by atoms with Crippen molar-refractivity contribution in [2.75, 3.05) is 26.8 Å². The monoisotopic (exact) mass is 369 g/mol. The number of hydrogen-bond donors (Lipinski definition) is 0. The van der Waals surface area contributed by atoms with Crippen molar-refractivity contribution in [2.45, 2.75) is 38.2 Å². The van der Waals surface area contributed by atoms with Crippen molar-refractivity contribution in [3.63, 3.8) is 0 Å². The van der Waals surface area contributed by atoms with E-state index in [2.05, 4.69) is 0 Å². The molecular formula is C22H27NO4. The van der Waals surface area contributed by atoms with Crippen molar-refractivity contribution in [2.24, 2.45) is 5.92 Å². The van der Waals surface area contributed by atoms with Gasteiger partial charge < -0.3 is 18.8 Å². The lowest BCUT2D eigenvalue weighted by atomic mass is 9.85. The number of methoxy groups -OCH3 is 1. The van der Waals surface area contributed by atoms with Crippen molar-refractivity contribution in [3.05, 3.63) is 42.2 Å².